The van der Waals surface area contributed by atoms with E-state index in [4.69, 9.17) is 16.4 Å². The van der Waals surface area contributed by atoms with Crippen molar-refractivity contribution in [2.24, 2.45) is 5.90 Å². The van der Waals surface area contributed by atoms with Crippen molar-refractivity contribution in [3.8, 4) is 0 Å². The van der Waals surface area contributed by atoms with Crippen molar-refractivity contribution >= 4 is 40.6 Å². The Kier molecular flexibility index (Phi) is 10.6. The Balaban J connectivity index is 1.47. The number of aliphatic carboxylic acids is 1. The number of carboxylic acids is 1. The lowest BCUT2D eigenvalue weighted by Crippen LogP contribution is -2.41. The number of carboxylic acid groups (broad SMARTS) is 1. The highest BCUT2D eigenvalue weighted by molar-refractivity contribution is 5.97. The van der Waals surface area contributed by atoms with Gasteiger partial charge in [-0.05, 0) is 30.7 Å². The number of ether oxygens (including phenoxy) is 1. The molecule has 2 heterocycles. The Morgan fingerprint density at radius 2 is 1.87 bits per heavy atom. The predicted molar refractivity (Wildman–Crippen MR) is 138 cm³/mol. The van der Waals surface area contributed by atoms with Gasteiger partial charge in [0.1, 0.15) is 6.04 Å². The molecule has 0 saturated carbocycles. The molecule has 9 N–H and O–H groups in total. The minimum atomic E-state index is -1.26. The van der Waals surface area contributed by atoms with E-state index in [1.807, 2.05) is 0 Å². The van der Waals surface area contributed by atoms with Crippen molar-refractivity contribution in [1.82, 2.24) is 30.6 Å². The summed E-state index contributed by atoms with van der Waals surface area (Å²) in [6.45, 7) is 1.24. The summed E-state index contributed by atoms with van der Waals surface area (Å²) >= 11 is 0. The first kappa shape index (κ1) is 28.9. The minimum absolute atomic E-state index is 0.0515. The molecule has 0 spiro atoms. The first-order valence-electron chi connectivity index (χ1n) is 11.8. The van der Waals surface area contributed by atoms with Crippen LogP contribution in [0.4, 0.5) is 11.6 Å². The van der Waals surface area contributed by atoms with E-state index >= 15 is 0 Å². The molecule has 1 atom stereocenters. The molecule has 1 unspecified atom stereocenters. The lowest BCUT2D eigenvalue weighted by molar-refractivity contribution is -0.139. The highest BCUT2D eigenvalue weighted by atomic mass is 16.6. The number of benzene rings is 1. The summed E-state index contributed by atoms with van der Waals surface area (Å²) in [5.74, 6) is 2.59. The smallest absolute Gasteiger partial charge is 0.326 e. The van der Waals surface area contributed by atoms with Gasteiger partial charge in [0, 0.05) is 24.2 Å². The van der Waals surface area contributed by atoms with Gasteiger partial charge in [-0.1, -0.05) is 0 Å². The van der Waals surface area contributed by atoms with Crippen molar-refractivity contribution in [3.05, 3.63) is 52.1 Å². The number of anilines is 2. The van der Waals surface area contributed by atoms with E-state index in [1.54, 1.807) is 12.1 Å². The maximum atomic E-state index is 12.6. The number of nitrogens with two attached hydrogens (primary N) is 2. The minimum Gasteiger partial charge on any atom is -0.480 e. The predicted octanol–water partition coefficient (Wildman–Crippen LogP) is -1.11. The van der Waals surface area contributed by atoms with Gasteiger partial charge in [-0.3, -0.25) is 19.4 Å². The second kappa shape index (κ2) is 14.3. The summed E-state index contributed by atoms with van der Waals surface area (Å²) in [5, 5.41) is 17.6. The molecule has 1 aromatic carbocycles. The number of aromatic amines is 1. The van der Waals surface area contributed by atoms with Crippen LogP contribution in [0.5, 0.6) is 0 Å². The topological polar surface area (TPSA) is 250 Å². The Hall–Kier alpha value is -4.67. The van der Waals surface area contributed by atoms with Gasteiger partial charge in [0.05, 0.1) is 38.3 Å². The molecule has 2 amide bonds. The highest BCUT2D eigenvalue weighted by Gasteiger charge is 2.21. The molecule has 208 valence electrons. The third kappa shape index (κ3) is 8.99. The van der Waals surface area contributed by atoms with Gasteiger partial charge in [-0.25, -0.2) is 20.7 Å². The molecule has 0 bridgehead atoms. The van der Waals surface area contributed by atoms with E-state index in [1.165, 1.54) is 18.3 Å². The summed E-state index contributed by atoms with van der Waals surface area (Å²) in [6.07, 6.45) is 1.27. The van der Waals surface area contributed by atoms with Gasteiger partial charge in [0.2, 0.25) is 11.9 Å². The molecular weight excluding hydrogens is 514 g/mol. The monoisotopic (exact) mass is 543 g/mol. The van der Waals surface area contributed by atoms with Gasteiger partial charge in [-0.15, -0.1) is 0 Å². The number of aromatic nitrogens is 4. The van der Waals surface area contributed by atoms with Gasteiger partial charge in [-0.2, -0.15) is 4.98 Å². The largest absolute Gasteiger partial charge is 0.480 e. The zero-order valence-corrected chi connectivity index (χ0v) is 20.8. The van der Waals surface area contributed by atoms with Crippen molar-refractivity contribution in [3.63, 3.8) is 0 Å². The van der Waals surface area contributed by atoms with Crippen molar-refractivity contribution in [2.45, 2.75) is 25.4 Å². The van der Waals surface area contributed by atoms with Crippen LogP contribution in [-0.4, -0.2) is 75.2 Å². The summed E-state index contributed by atoms with van der Waals surface area (Å²) < 4.78 is 5.16. The van der Waals surface area contributed by atoms with Crippen LogP contribution >= 0.6 is 0 Å². The number of carbonyl (C=O) groups excluding carboxylic acids is 2. The second-order valence-corrected chi connectivity index (χ2v) is 8.15. The third-order valence-corrected chi connectivity index (χ3v) is 5.28. The number of nitrogens with one attached hydrogen (secondary N) is 4. The first-order chi connectivity index (χ1) is 18.8. The molecular formula is C23H29N9O7. The zero-order valence-electron chi connectivity index (χ0n) is 20.8. The summed E-state index contributed by atoms with van der Waals surface area (Å²) in [4.78, 5) is 67.1. The molecule has 0 fully saturated rings. The van der Waals surface area contributed by atoms with E-state index in [0.29, 0.717) is 11.4 Å². The van der Waals surface area contributed by atoms with E-state index < -0.39 is 23.5 Å². The van der Waals surface area contributed by atoms with E-state index in [0.717, 1.165) is 0 Å². The highest BCUT2D eigenvalue weighted by Crippen LogP contribution is 2.12. The fraction of sp³-hybridized carbons (Fsp3) is 0.348. The Morgan fingerprint density at radius 3 is 2.59 bits per heavy atom. The number of nitrogen functional groups attached to an aromatic ring is 1. The van der Waals surface area contributed by atoms with Crippen LogP contribution in [0.1, 0.15) is 28.9 Å². The van der Waals surface area contributed by atoms with E-state index in [9.17, 15) is 24.3 Å². The molecule has 3 aromatic rings. The summed E-state index contributed by atoms with van der Waals surface area (Å²) in [6, 6.07) is 5.04. The number of H-pyrrole nitrogens is 1. The number of rotatable bonds is 15. The van der Waals surface area contributed by atoms with Crippen LogP contribution in [0.3, 0.4) is 0 Å². The number of carbonyl (C=O) groups is 3. The van der Waals surface area contributed by atoms with Crippen molar-refractivity contribution in [2.75, 3.05) is 37.4 Å². The van der Waals surface area contributed by atoms with Gasteiger partial charge >= 0.3 is 5.97 Å². The summed E-state index contributed by atoms with van der Waals surface area (Å²) in [5.41, 5.74) is 6.55. The van der Waals surface area contributed by atoms with Crippen molar-refractivity contribution < 1.29 is 29.1 Å². The molecule has 0 aliphatic carbocycles. The van der Waals surface area contributed by atoms with Gasteiger partial charge < -0.3 is 36.4 Å². The van der Waals surface area contributed by atoms with E-state index in [-0.39, 0.29) is 74.3 Å². The fourth-order valence-corrected chi connectivity index (χ4v) is 3.32. The van der Waals surface area contributed by atoms with Crippen LogP contribution in [-0.2, 0) is 25.7 Å². The van der Waals surface area contributed by atoms with E-state index in [2.05, 4.69) is 40.7 Å². The average molecular weight is 544 g/mol. The number of hydrogen-bond donors (Lipinski definition) is 7. The lowest BCUT2D eigenvalue weighted by atomic mass is 10.1. The molecule has 0 radical (unpaired) electrons. The quantitative estimate of drug-likeness (QED) is 0.0888. The molecule has 0 aliphatic heterocycles. The summed E-state index contributed by atoms with van der Waals surface area (Å²) in [7, 11) is 0. The van der Waals surface area contributed by atoms with Crippen molar-refractivity contribution in [1.29, 1.82) is 0 Å². The standard InChI is InChI=1S/C23H29N9O7/c24-23-31-19-18(21(35)32-23)29-15(12-28-19)11-27-14-3-1-13(2-4-14)20(34)30-16(22(36)37)5-6-17(33)26-7-8-38-9-10-39-25/h1-4,12,16,27H,5-11,25H2,(H,26,33)(H,30,34)(H,36,37)(H3,24,28,31,32,35). The molecule has 3 rings (SSSR count). The first-order valence-corrected chi connectivity index (χ1v) is 11.8. The maximum absolute atomic E-state index is 12.6. The normalized spacial score (nSPS) is 11.6. The molecule has 16 nitrogen and oxygen atoms in total. The van der Waals surface area contributed by atoms with Crippen LogP contribution in [0.2, 0.25) is 0 Å². The molecule has 39 heavy (non-hydrogen) atoms. The fourth-order valence-electron chi connectivity index (χ4n) is 3.32. The Bertz CT molecular complexity index is 1350. The number of hydrogen-bond acceptors (Lipinski definition) is 12. The van der Waals surface area contributed by atoms with Crippen LogP contribution in [0, 0.1) is 0 Å². The number of nitrogens with zero attached hydrogens (tertiary/aromatic N) is 3. The molecule has 2 aromatic heterocycles. The van der Waals surface area contributed by atoms with Gasteiger partial charge in [0.25, 0.3) is 11.5 Å². The third-order valence-electron chi connectivity index (χ3n) is 5.28. The average Bonchev–Trinajstić information content (AvgIpc) is 2.91. The lowest BCUT2D eigenvalue weighted by Gasteiger charge is -2.15. The maximum Gasteiger partial charge on any atom is 0.326 e. The number of amides is 2. The molecule has 0 aliphatic rings. The van der Waals surface area contributed by atoms with Crippen LogP contribution < -0.4 is 33.1 Å². The van der Waals surface area contributed by atoms with Crippen LogP contribution in [0.25, 0.3) is 11.2 Å². The Labute approximate surface area is 221 Å². The van der Waals surface area contributed by atoms with Gasteiger partial charge in [0.15, 0.2) is 11.2 Å². The molecule has 0 saturated heterocycles. The number of fused-ring (bicyclic) bond motifs is 1. The second-order valence-electron chi connectivity index (χ2n) is 8.15. The SMILES string of the molecule is NOCCOCCNC(=O)CCC(NC(=O)c1ccc(NCc2cnc3nc(N)[nH]c(=O)c3n2)cc1)C(=O)O. The van der Waals surface area contributed by atoms with Crippen LogP contribution in [0.15, 0.2) is 35.3 Å². The Morgan fingerprint density at radius 1 is 1.10 bits per heavy atom. The zero-order chi connectivity index (χ0) is 28.2. The molecule has 16 heteroatoms.